The van der Waals surface area contributed by atoms with E-state index in [0.717, 1.165) is 64.2 Å². The molecule has 82 heavy (non-hydrogen) atoms. The topological polar surface area (TPSA) is 254 Å². The number of amides is 4. The number of anilines is 2. The molecule has 6 N–H and O–H groups in total. The average molecular weight is 1130 g/mol. The normalized spacial score (nSPS) is 14.0. The number of hydrogen-bond donors (Lipinski definition) is 6. The van der Waals surface area contributed by atoms with Gasteiger partial charge in [0.15, 0.2) is 23.0 Å². The number of carboxylic acid groups (broad SMARTS) is 1. The van der Waals surface area contributed by atoms with Gasteiger partial charge in [0.05, 0.1) is 26.4 Å². The minimum atomic E-state index is -1.24. The molecule has 2 atom stereocenters. The number of carbonyl (C=O) groups is 7. The molecule has 18 nitrogen and oxygen atoms in total. The number of phenolic OH excluding ortho intramolecular Hbond substituents is 1. The van der Waals surface area contributed by atoms with Gasteiger partial charge in [0.2, 0.25) is 11.8 Å². The SMILES string of the molecule is CCCCCCCOc1ccc(C(=O)Oc2ccc(CC(NC(=O)c3ccc(NC(=O)C4CCCC4)cc3)C(=O)O)cc2OC)cc1.COc1cc(CC(NC(=O)c2ccc(NC(=O)C3CCCC3)cc2)C(=O)OC(C)(C)C)ccc1O. The molecule has 5 aromatic rings. The van der Waals surface area contributed by atoms with Crippen molar-refractivity contribution in [1.82, 2.24) is 10.6 Å². The summed E-state index contributed by atoms with van der Waals surface area (Å²) >= 11 is 0. The number of carbonyl (C=O) groups excluding carboxylic acids is 6. The Morgan fingerprint density at radius 3 is 1.55 bits per heavy atom. The minimum absolute atomic E-state index is 0.00835. The van der Waals surface area contributed by atoms with Gasteiger partial charge in [-0.05, 0) is 161 Å². The Balaban J connectivity index is 0.000000275. The van der Waals surface area contributed by atoms with Crippen LogP contribution in [0.1, 0.15) is 153 Å². The molecule has 0 radical (unpaired) electrons. The summed E-state index contributed by atoms with van der Waals surface area (Å²) in [5, 5.41) is 30.8. The van der Waals surface area contributed by atoms with E-state index in [0.29, 0.717) is 46.0 Å². The maximum Gasteiger partial charge on any atom is 0.343 e. The number of aromatic hydroxyl groups is 1. The van der Waals surface area contributed by atoms with Crippen LogP contribution in [0.25, 0.3) is 0 Å². The number of rotatable bonds is 25. The molecule has 0 bridgehead atoms. The lowest BCUT2D eigenvalue weighted by molar-refractivity contribution is -0.157. The van der Waals surface area contributed by atoms with Crippen molar-refractivity contribution in [1.29, 1.82) is 0 Å². The van der Waals surface area contributed by atoms with E-state index in [2.05, 4.69) is 28.2 Å². The van der Waals surface area contributed by atoms with Gasteiger partial charge in [-0.25, -0.2) is 14.4 Å². The number of carboxylic acids is 1. The van der Waals surface area contributed by atoms with Crippen LogP contribution in [0.5, 0.6) is 28.7 Å². The maximum atomic E-state index is 13.0. The van der Waals surface area contributed by atoms with E-state index < -0.39 is 47.4 Å². The van der Waals surface area contributed by atoms with Crippen LogP contribution in [-0.2, 0) is 36.8 Å². The summed E-state index contributed by atoms with van der Waals surface area (Å²) in [5.41, 5.74) is 2.65. The smallest absolute Gasteiger partial charge is 0.343 e. The maximum absolute atomic E-state index is 13.0. The Bertz CT molecular complexity index is 2940. The van der Waals surface area contributed by atoms with Gasteiger partial charge in [0, 0.05) is 47.2 Å². The van der Waals surface area contributed by atoms with Crippen LogP contribution in [0.4, 0.5) is 11.4 Å². The summed E-state index contributed by atoms with van der Waals surface area (Å²) in [7, 11) is 2.85. The second-order valence-corrected chi connectivity index (χ2v) is 21.6. The predicted molar refractivity (Wildman–Crippen MR) is 311 cm³/mol. The highest BCUT2D eigenvalue weighted by Gasteiger charge is 2.29. The number of unbranched alkanes of at least 4 members (excludes halogenated alkanes) is 4. The van der Waals surface area contributed by atoms with Crippen LogP contribution in [0.3, 0.4) is 0 Å². The molecule has 5 aromatic carbocycles. The molecule has 7 rings (SSSR count). The fourth-order valence-corrected chi connectivity index (χ4v) is 9.51. The van der Waals surface area contributed by atoms with E-state index in [-0.39, 0.29) is 65.1 Å². The first-order valence-electron chi connectivity index (χ1n) is 28.2. The van der Waals surface area contributed by atoms with Crippen LogP contribution < -0.4 is 40.2 Å². The predicted octanol–water partition coefficient (Wildman–Crippen LogP) is 11.0. The first-order chi connectivity index (χ1) is 39.3. The first kappa shape index (κ1) is 62.8. The number of nitrogens with one attached hydrogen (secondary N) is 4. The summed E-state index contributed by atoms with van der Waals surface area (Å²) in [6.45, 7) is 8.07. The number of aliphatic carboxylic acids is 1. The summed E-state index contributed by atoms with van der Waals surface area (Å²) in [5.74, 6) is -1.98. The Kier molecular flexibility index (Phi) is 23.7. The summed E-state index contributed by atoms with van der Waals surface area (Å²) in [4.78, 5) is 88.4. The van der Waals surface area contributed by atoms with Gasteiger partial charge in [-0.2, -0.15) is 0 Å². The summed E-state index contributed by atoms with van der Waals surface area (Å²) in [6, 6.07) is 26.9. The molecule has 18 heteroatoms. The second-order valence-electron chi connectivity index (χ2n) is 21.6. The molecular formula is C64H78N4O14. The number of ether oxygens (including phenoxy) is 5. The number of phenols is 1. The standard InChI is InChI=1S/C37H44N2O8.C27H34N2O6/c1-3-4-5-6-9-22-46-30-19-15-28(16-20-30)37(44)47-32-21-12-25(24-33(32)45-2)23-31(36(42)43)39-35(41)27-13-17-29(18-14-27)38-34(40)26-10-7-8-11-26;1-27(2,3)35-26(33)21(15-17-9-14-22(30)23(16-17)34-4)29-25(32)19-10-12-20(13-11-19)28-24(31)18-7-5-6-8-18/h12-21,24,26,31H,3-11,22-23H2,1-2H3,(H,38,40)(H,39,41)(H,42,43);9-14,16,18,21,30H,5-8,15H2,1-4H3,(H,28,31)(H,29,32). The number of benzene rings is 5. The van der Waals surface area contributed by atoms with Gasteiger partial charge in [-0.15, -0.1) is 0 Å². The van der Waals surface area contributed by atoms with Gasteiger partial charge >= 0.3 is 17.9 Å². The van der Waals surface area contributed by atoms with Crippen molar-refractivity contribution in [2.24, 2.45) is 11.8 Å². The molecule has 2 aliphatic rings. The fourth-order valence-electron chi connectivity index (χ4n) is 9.51. The monoisotopic (exact) mass is 1130 g/mol. The average Bonchev–Trinajstić information content (AvgIpc) is 4.24. The van der Waals surface area contributed by atoms with Gasteiger partial charge in [0.25, 0.3) is 11.8 Å². The van der Waals surface area contributed by atoms with Crippen molar-refractivity contribution < 1.29 is 67.5 Å². The molecule has 0 aromatic heterocycles. The van der Waals surface area contributed by atoms with E-state index in [1.807, 2.05) is 0 Å². The lowest BCUT2D eigenvalue weighted by Crippen LogP contribution is -2.45. The van der Waals surface area contributed by atoms with E-state index in [1.54, 1.807) is 118 Å². The van der Waals surface area contributed by atoms with Crippen molar-refractivity contribution in [2.75, 3.05) is 31.5 Å². The van der Waals surface area contributed by atoms with Crippen LogP contribution >= 0.6 is 0 Å². The molecule has 0 saturated heterocycles. The molecular weight excluding hydrogens is 1050 g/mol. The molecule has 2 fully saturated rings. The second kappa shape index (κ2) is 31.0. The Hall–Kier alpha value is -8.41. The molecule has 0 heterocycles. The minimum Gasteiger partial charge on any atom is -0.504 e. The zero-order valence-electron chi connectivity index (χ0n) is 47.8. The third kappa shape index (κ3) is 19.7. The first-order valence-corrected chi connectivity index (χ1v) is 28.2. The third-order valence-electron chi connectivity index (χ3n) is 14.0. The quantitative estimate of drug-likeness (QED) is 0.0181. The number of esters is 2. The molecule has 2 saturated carbocycles. The van der Waals surface area contributed by atoms with Gasteiger partial charge in [-0.3, -0.25) is 19.2 Å². The van der Waals surface area contributed by atoms with Gasteiger partial charge in [0.1, 0.15) is 23.4 Å². The van der Waals surface area contributed by atoms with Crippen molar-refractivity contribution in [3.8, 4) is 28.7 Å². The molecule has 0 spiro atoms. The lowest BCUT2D eigenvalue weighted by Gasteiger charge is -2.25. The lowest BCUT2D eigenvalue weighted by atomic mass is 10.0. The van der Waals surface area contributed by atoms with E-state index >= 15 is 0 Å². The molecule has 2 aliphatic carbocycles. The van der Waals surface area contributed by atoms with Gasteiger partial charge in [-0.1, -0.05) is 70.4 Å². The summed E-state index contributed by atoms with van der Waals surface area (Å²) < 4.78 is 27.4. The van der Waals surface area contributed by atoms with E-state index in [9.17, 15) is 43.8 Å². The number of methoxy groups -OCH3 is 2. The Morgan fingerprint density at radius 1 is 0.573 bits per heavy atom. The highest BCUT2D eigenvalue weighted by atomic mass is 16.6. The van der Waals surface area contributed by atoms with Gasteiger partial charge < -0.3 is 55.2 Å². The molecule has 4 amide bonds. The van der Waals surface area contributed by atoms with E-state index in [1.165, 1.54) is 45.6 Å². The van der Waals surface area contributed by atoms with Crippen molar-refractivity contribution in [2.45, 2.75) is 142 Å². The van der Waals surface area contributed by atoms with Crippen molar-refractivity contribution in [3.05, 3.63) is 137 Å². The zero-order chi connectivity index (χ0) is 59.2. The fraction of sp³-hybridized carbons (Fsp3) is 0.422. The van der Waals surface area contributed by atoms with Crippen molar-refractivity contribution >= 4 is 52.9 Å². The molecule has 0 aliphatic heterocycles. The Labute approximate surface area is 480 Å². The molecule has 438 valence electrons. The van der Waals surface area contributed by atoms with Crippen LogP contribution in [-0.4, -0.2) is 90.3 Å². The van der Waals surface area contributed by atoms with Crippen LogP contribution in [0, 0.1) is 11.8 Å². The van der Waals surface area contributed by atoms with E-state index in [4.69, 9.17) is 23.7 Å². The number of hydrogen-bond acceptors (Lipinski definition) is 13. The molecule has 2 unspecified atom stereocenters. The zero-order valence-corrected chi connectivity index (χ0v) is 47.8. The highest BCUT2D eigenvalue weighted by Crippen LogP contribution is 2.32. The largest absolute Gasteiger partial charge is 0.504 e. The summed E-state index contributed by atoms with van der Waals surface area (Å²) in [6.07, 6.45) is 13.7. The van der Waals surface area contributed by atoms with Crippen molar-refractivity contribution in [3.63, 3.8) is 0 Å². The third-order valence-corrected chi connectivity index (χ3v) is 14.0. The highest BCUT2D eigenvalue weighted by molar-refractivity contribution is 5.99. The van der Waals surface area contributed by atoms with Crippen LogP contribution in [0.2, 0.25) is 0 Å². The Morgan fingerprint density at radius 2 is 1.05 bits per heavy atom. The van der Waals surface area contributed by atoms with Crippen LogP contribution in [0.15, 0.2) is 109 Å².